The standard InChI is InChI=1S/C16H18FNO/c1-12(13-6-3-2-4-7-13)19-16(11-18)14-8-5-9-15(17)10-14/h2-10,12,16H,11,18H2,1H3. The first-order valence-electron chi connectivity index (χ1n) is 6.36. The molecule has 0 heterocycles. The maximum atomic E-state index is 13.2. The summed E-state index contributed by atoms with van der Waals surface area (Å²) in [6, 6.07) is 16.3. The molecule has 2 aromatic carbocycles. The van der Waals surface area contributed by atoms with E-state index >= 15 is 0 Å². The Kier molecular flexibility index (Phi) is 4.66. The highest BCUT2D eigenvalue weighted by atomic mass is 19.1. The van der Waals surface area contributed by atoms with Crippen LogP contribution in [0.3, 0.4) is 0 Å². The van der Waals surface area contributed by atoms with Crippen LogP contribution in [0.15, 0.2) is 54.6 Å². The lowest BCUT2D eigenvalue weighted by atomic mass is 10.1. The van der Waals surface area contributed by atoms with Crippen LogP contribution in [0.2, 0.25) is 0 Å². The molecule has 2 N–H and O–H groups in total. The van der Waals surface area contributed by atoms with E-state index in [-0.39, 0.29) is 18.0 Å². The smallest absolute Gasteiger partial charge is 0.123 e. The van der Waals surface area contributed by atoms with Gasteiger partial charge >= 0.3 is 0 Å². The van der Waals surface area contributed by atoms with Crippen molar-refractivity contribution in [2.45, 2.75) is 19.1 Å². The van der Waals surface area contributed by atoms with Crippen molar-refractivity contribution in [1.29, 1.82) is 0 Å². The molecule has 0 saturated carbocycles. The topological polar surface area (TPSA) is 35.2 Å². The van der Waals surface area contributed by atoms with E-state index in [1.807, 2.05) is 43.3 Å². The van der Waals surface area contributed by atoms with Crippen LogP contribution in [0.5, 0.6) is 0 Å². The van der Waals surface area contributed by atoms with Crippen molar-refractivity contribution in [3.8, 4) is 0 Å². The summed E-state index contributed by atoms with van der Waals surface area (Å²) >= 11 is 0. The molecule has 3 heteroatoms. The number of rotatable bonds is 5. The maximum absolute atomic E-state index is 13.2. The van der Waals surface area contributed by atoms with E-state index in [9.17, 15) is 4.39 Å². The van der Waals surface area contributed by atoms with Gasteiger partial charge in [-0.2, -0.15) is 0 Å². The second-order valence-electron chi connectivity index (χ2n) is 4.47. The number of halogens is 1. The molecule has 0 saturated heterocycles. The number of nitrogens with two attached hydrogens (primary N) is 1. The maximum Gasteiger partial charge on any atom is 0.123 e. The highest BCUT2D eigenvalue weighted by Gasteiger charge is 2.15. The molecule has 2 rings (SSSR count). The Morgan fingerprint density at radius 2 is 1.74 bits per heavy atom. The number of hydrogen-bond donors (Lipinski definition) is 1. The summed E-state index contributed by atoms with van der Waals surface area (Å²) in [7, 11) is 0. The van der Waals surface area contributed by atoms with Gasteiger partial charge in [0.05, 0.1) is 12.2 Å². The largest absolute Gasteiger partial charge is 0.365 e. The lowest BCUT2D eigenvalue weighted by molar-refractivity contribution is 0.0000845. The molecular formula is C16H18FNO. The fourth-order valence-corrected chi connectivity index (χ4v) is 2.03. The molecule has 0 aliphatic heterocycles. The third-order valence-corrected chi connectivity index (χ3v) is 3.07. The summed E-state index contributed by atoms with van der Waals surface area (Å²) in [5.41, 5.74) is 7.58. The molecule has 2 aromatic rings. The molecule has 100 valence electrons. The predicted octanol–water partition coefficient (Wildman–Crippen LogP) is 3.60. The first-order chi connectivity index (χ1) is 9.20. The Balaban J connectivity index is 2.11. The zero-order valence-corrected chi connectivity index (χ0v) is 10.9. The van der Waals surface area contributed by atoms with Crippen molar-refractivity contribution < 1.29 is 9.13 Å². The minimum Gasteiger partial charge on any atom is -0.365 e. The van der Waals surface area contributed by atoms with Crippen LogP contribution < -0.4 is 5.73 Å². The molecular weight excluding hydrogens is 241 g/mol. The van der Waals surface area contributed by atoms with Crippen molar-refractivity contribution in [2.75, 3.05) is 6.54 Å². The quantitative estimate of drug-likeness (QED) is 0.890. The second-order valence-corrected chi connectivity index (χ2v) is 4.47. The Labute approximate surface area is 113 Å². The fraction of sp³-hybridized carbons (Fsp3) is 0.250. The molecule has 0 radical (unpaired) electrons. The molecule has 0 bridgehead atoms. The highest BCUT2D eigenvalue weighted by molar-refractivity contribution is 5.21. The van der Waals surface area contributed by atoms with E-state index in [0.29, 0.717) is 6.54 Å². The zero-order chi connectivity index (χ0) is 13.7. The van der Waals surface area contributed by atoms with E-state index in [1.165, 1.54) is 12.1 Å². The van der Waals surface area contributed by atoms with Crippen molar-refractivity contribution in [3.63, 3.8) is 0 Å². The summed E-state index contributed by atoms with van der Waals surface area (Å²) in [6.07, 6.45) is -0.385. The molecule has 2 unspecified atom stereocenters. The third kappa shape index (κ3) is 3.63. The SMILES string of the molecule is CC(OC(CN)c1cccc(F)c1)c1ccccc1. The minimum atomic E-state index is -0.300. The summed E-state index contributed by atoms with van der Waals surface area (Å²) < 4.78 is 19.2. The van der Waals surface area contributed by atoms with Gasteiger partial charge in [-0.05, 0) is 30.2 Å². The van der Waals surface area contributed by atoms with E-state index in [4.69, 9.17) is 10.5 Å². The molecule has 0 spiro atoms. The molecule has 19 heavy (non-hydrogen) atoms. The van der Waals surface area contributed by atoms with Crippen LogP contribution in [-0.4, -0.2) is 6.54 Å². The van der Waals surface area contributed by atoms with E-state index in [0.717, 1.165) is 11.1 Å². The lowest BCUT2D eigenvalue weighted by Gasteiger charge is -2.22. The molecule has 0 aliphatic carbocycles. The third-order valence-electron chi connectivity index (χ3n) is 3.07. The molecule has 0 amide bonds. The average Bonchev–Trinajstić information content (AvgIpc) is 2.45. The molecule has 0 aromatic heterocycles. The van der Waals surface area contributed by atoms with Gasteiger partial charge in [0.1, 0.15) is 5.82 Å². The van der Waals surface area contributed by atoms with Gasteiger partial charge in [0.15, 0.2) is 0 Å². The van der Waals surface area contributed by atoms with Crippen molar-refractivity contribution >= 4 is 0 Å². The second kappa shape index (κ2) is 6.45. The lowest BCUT2D eigenvalue weighted by Crippen LogP contribution is -2.17. The van der Waals surface area contributed by atoms with Crippen LogP contribution in [-0.2, 0) is 4.74 Å². The van der Waals surface area contributed by atoms with Crippen LogP contribution in [0.25, 0.3) is 0 Å². The van der Waals surface area contributed by atoms with Gasteiger partial charge in [-0.25, -0.2) is 4.39 Å². The highest BCUT2D eigenvalue weighted by Crippen LogP contribution is 2.26. The molecule has 0 fully saturated rings. The fourth-order valence-electron chi connectivity index (χ4n) is 2.03. The number of benzene rings is 2. The normalized spacial score (nSPS) is 14.1. The zero-order valence-electron chi connectivity index (χ0n) is 10.9. The molecule has 0 aliphatic rings. The number of ether oxygens (including phenoxy) is 1. The van der Waals surface area contributed by atoms with Crippen LogP contribution in [0.1, 0.15) is 30.3 Å². The van der Waals surface area contributed by atoms with E-state index in [1.54, 1.807) is 6.07 Å². The van der Waals surface area contributed by atoms with Gasteiger partial charge in [-0.15, -0.1) is 0 Å². The van der Waals surface area contributed by atoms with Crippen LogP contribution in [0.4, 0.5) is 4.39 Å². The monoisotopic (exact) mass is 259 g/mol. The van der Waals surface area contributed by atoms with Gasteiger partial charge in [0.2, 0.25) is 0 Å². The predicted molar refractivity (Wildman–Crippen MR) is 74.1 cm³/mol. The minimum absolute atomic E-state index is 0.0852. The molecule has 2 atom stereocenters. The Morgan fingerprint density at radius 3 is 2.37 bits per heavy atom. The van der Waals surface area contributed by atoms with E-state index in [2.05, 4.69) is 0 Å². The van der Waals surface area contributed by atoms with E-state index < -0.39 is 0 Å². The van der Waals surface area contributed by atoms with Crippen LogP contribution in [0, 0.1) is 5.82 Å². The summed E-state index contributed by atoms with van der Waals surface area (Å²) in [4.78, 5) is 0. The Hall–Kier alpha value is -1.71. The summed E-state index contributed by atoms with van der Waals surface area (Å²) in [5, 5.41) is 0. The summed E-state index contributed by atoms with van der Waals surface area (Å²) in [6.45, 7) is 2.29. The van der Waals surface area contributed by atoms with Gasteiger partial charge in [-0.1, -0.05) is 42.5 Å². The average molecular weight is 259 g/mol. The van der Waals surface area contributed by atoms with Crippen molar-refractivity contribution in [3.05, 3.63) is 71.5 Å². The van der Waals surface area contributed by atoms with Gasteiger partial charge in [-0.3, -0.25) is 0 Å². The van der Waals surface area contributed by atoms with Crippen molar-refractivity contribution in [1.82, 2.24) is 0 Å². The van der Waals surface area contributed by atoms with Gasteiger partial charge in [0.25, 0.3) is 0 Å². The number of hydrogen-bond acceptors (Lipinski definition) is 2. The summed E-state index contributed by atoms with van der Waals surface area (Å²) in [5.74, 6) is -0.271. The molecule has 2 nitrogen and oxygen atoms in total. The first-order valence-corrected chi connectivity index (χ1v) is 6.36. The van der Waals surface area contributed by atoms with Gasteiger partial charge in [0, 0.05) is 6.54 Å². The van der Waals surface area contributed by atoms with Crippen molar-refractivity contribution in [2.24, 2.45) is 5.73 Å². The Morgan fingerprint density at radius 1 is 1.05 bits per heavy atom. The van der Waals surface area contributed by atoms with Gasteiger partial charge < -0.3 is 10.5 Å². The Bertz CT molecular complexity index is 515. The van der Waals surface area contributed by atoms with Crippen LogP contribution >= 0.6 is 0 Å². The first kappa shape index (κ1) is 13.7.